The van der Waals surface area contributed by atoms with E-state index in [1.165, 1.54) is 6.07 Å². The number of amides is 1. The quantitative estimate of drug-likeness (QED) is 0.799. The Morgan fingerprint density at radius 1 is 1.32 bits per heavy atom. The third kappa shape index (κ3) is 6.23. The predicted molar refractivity (Wildman–Crippen MR) is 82.1 cm³/mol. The zero-order valence-corrected chi connectivity index (χ0v) is 13.4. The topological polar surface area (TPSA) is 32.3 Å². The summed E-state index contributed by atoms with van der Waals surface area (Å²) >= 11 is 5.53. The average Bonchev–Trinajstić information content (AvgIpc) is 2.43. The van der Waals surface area contributed by atoms with E-state index in [0.717, 1.165) is 31.5 Å². The lowest BCUT2D eigenvalue weighted by Crippen LogP contribution is -2.25. The van der Waals surface area contributed by atoms with Crippen LogP contribution < -0.4 is 5.32 Å². The number of alkyl halides is 3. The Morgan fingerprint density at radius 2 is 2.00 bits per heavy atom. The molecule has 0 aliphatic rings. The molecule has 124 valence electrons. The van der Waals surface area contributed by atoms with Crippen LogP contribution in [0.15, 0.2) is 18.2 Å². The highest BCUT2D eigenvalue weighted by Crippen LogP contribution is 2.36. The number of unbranched alkanes of at least 4 members (excludes halogenated alkanes) is 1. The number of nitrogens with zero attached hydrogens (tertiary/aromatic N) is 1. The molecule has 0 atom stereocenters. The van der Waals surface area contributed by atoms with Crippen LogP contribution in [-0.4, -0.2) is 30.9 Å². The van der Waals surface area contributed by atoms with Gasteiger partial charge in [-0.1, -0.05) is 24.9 Å². The van der Waals surface area contributed by atoms with E-state index >= 15 is 0 Å². The molecule has 1 aromatic carbocycles. The van der Waals surface area contributed by atoms with Crippen LogP contribution in [0.4, 0.5) is 18.9 Å². The first-order valence-electron chi connectivity index (χ1n) is 7.09. The first kappa shape index (κ1) is 18.8. The van der Waals surface area contributed by atoms with Crippen molar-refractivity contribution in [2.75, 3.05) is 25.5 Å². The summed E-state index contributed by atoms with van der Waals surface area (Å²) in [7, 11) is 1.91. The molecule has 0 heterocycles. The Morgan fingerprint density at radius 3 is 2.59 bits per heavy atom. The van der Waals surface area contributed by atoms with E-state index in [1.807, 2.05) is 11.9 Å². The Hall–Kier alpha value is -1.27. The molecular weight excluding hydrogens is 317 g/mol. The Labute approximate surface area is 133 Å². The summed E-state index contributed by atoms with van der Waals surface area (Å²) in [4.78, 5) is 13.8. The third-order valence-electron chi connectivity index (χ3n) is 3.17. The first-order chi connectivity index (χ1) is 10.2. The lowest BCUT2D eigenvalue weighted by molar-refractivity contribution is -0.137. The van der Waals surface area contributed by atoms with Crippen LogP contribution in [0.25, 0.3) is 0 Å². The summed E-state index contributed by atoms with van der Waals surface area (Å²) in [6.07, 6.45) is -2.20. The molecule has 0 aliphatic carbocycles. The van der Waals surface area contributed by atoms with Crippen LogP contribution in [0, 0.1) is 0 Å². The summed E-state index contributed by atoms with van der Waals surface area (Å²) in [5, 5.41) is 2.08. The SMILES string of the molecule is CCCCN(C)CCC(=O)Nc1ccc(Cl)c(C(F)(F)F)c1. The van der Waals surface area contributed by atoms with E-state index in [4.69, 9.17) is 11.6 Å². The Kier molecular flexibility index (Phi) is 7.16. The van der Waals surface area contributed by atoms with Gasteiger partial charge in [-0.05, 0) is 38.2 Å². The predicted octanol–water partition coefficient (Wildman–Crippen LogP) is 4.42. The fourth-order valence-electron chi connectivity index (χ4n) is 1.88. The second-order valence-electron chi connectivity index (χ2n) is 5.15. The normalized spacial score (nSPS) is 11.8. The van der Waals surface area contributed by atoms with Crippen LogP contribution in [0.3, 0.4) is 0 Å². The molecule has 0 fully saturated rings. The smallest absolute Gasteiger partial charge is 0.326 e. The lowest BCUT2D eigenvalue weighted by atomic mass is 10.2. The number of rotatable bonds is 7. The van der Waals surface area contributed by atoms with E-state index in [2.05, 4.69) is 12.2 Å². The number of carbonyl (C=O) groups excluding carboxylic acids is 1. The molecule has 1 N–H and O–H groups in total. The van der Waals surface area contributed by atoms with Crippen molar-refractivity contribution < 1.29 is 18.0 Å². The van der Waals surface area contributed by atoms with Crippen molar-refractivity contribution in [1.82, 2.24) is 4.90 Å². The van der Waals surface area contributed by atoms with E-state index < -0.39 is 11.7 Å². The third-order valence-corrected chi connectivity index (χ3v) is 3.50. The van der Waals surface area contributed by atoms with Crippen LogP contribution in [0.1, 0.15) is 31.7 Å². The zero-order chi connectivity index (χ0) is 16.8. The van der Waals surface area contributed by atoms with Gasteiger partial charge in [0.25, 0.3) is 0 Å². The molecule has 1 amide bonds. The molecule has 1 rings (SSSR count). The van der Waals surface area contributed by atoms with Crippen molar-refractivity contribution in [3.8, 4) is 0 Å². The van der Waals surface area contributed by atoms with E-state index in [0.29, 0.717) is 6.54 Å². The van der Waals surface area contributed by atoms with E-state index in [1.54, 1.807) is 0 Å². The standard InChI is InChI=1S/C15H20ClF3N2O/c1-3-4-8-21(2)9-7-14(22)20-11-5-6-13(16)12(10-11)15(17,18)19/h5-6,10H,3-4,7-9H2,1-2H3,(H,20,22). The number of carbonyl (C=O) groups is 1. The maximum Gasteiger partial charge on any atom is 0.417 e. The summed E-state index contributed by atoms with van der Waals surface area (Å²) in [5.74, 6) is -0.321. The minimum atomic E-state index is -4.54. The van der Waals surface area contributed by atoms with E-state index in [9.17, 15) is 18.0 Å². The van der Waals surface area contributed by atoms with Gasteiger partial charge in [-0.3, -0.25) is 4.79 Å². The number of hydrogen-bond acceptors (Lipinski definition) is 2. The minimum Gasteiger partial charge on any atom is -0.326 e. The molecule has 3 nitrogen and oxygen atoms in total. The van der Waals surface area contributed by atoms with Gasteiger partial charge in [0.2, 0.25) is 5.91 Å². The average molecular weight is 337 g/mol. The van der Waals surface area contributed by atoms with Crippen LogP contribution in [0.5, 0.6) is 0 Å². The van der Waals surface area contributed by atoms with Crippen LogP contribution in [0.2, 0.25) is 5.02 Å². The van der Waals surface area contributed by atoms with Crippen molar-refractivity contribution in [3.63, 3.8) is 0 Å². The van der Waals surface area contributed by atoms with Gasteiger partial charge in [-0.2, -0.15) is 13.2 Å². The maximum absolute atomic E-state index is 12.7. The highest BCUT2D eigenvalue weighted by Gasteiger charge is 2.33. The summed E-state index contributed by atoms with van der Waals surface area (Å²) < 4.78 is 38.2. The second-order valence-corrected chi connectivity index (χ2v) is 5.55. The molecular formula is C15H20ClF3N2O. The monoisotopic (exact) mass is 336 g/mol. The van der Waals surface area contributed by atoms with E-state index in [-0.39, 0.29) is 23.0 Å². The number of nitrogens with one attached hydrogen (secondary N) is 1. The van der Waals surface area contributed by atoms with Crippen molar-refractivity contribution >= 4 is 23.2 Å². The van der Waals surface area contributed by atoms with Crippen molar-refractivity contribution in [1.29, 1.82) is 0 Å². The van der Waals surface area contributed by atoms with Gasteiger partial charge in [-0.15, -0.1) is 0 Å². The van der Waals surface area contributed by atoms with Gasteiger partial charge >= 0.3 is 6.18 Å². The molecule has 0 saturated carbocycles. The fourth-order valence-corrected chi connectivity index (χ4v) is 2.10. The van der Waals surface area contributed by atoms with Gasteiger partial charge in [0.05, 0.1) is 10.6 Å². The number of halogens is 4. The van der Waals surface area contributed by atoms with Gasteiger partial charge in [0, 0.05) is 18.7 Å². The van der Waals surface area contributed by atoms with Crippen LogP contribution in [-0.2, 0) is 11.0 Å². The number of hydrogen-bond donors (Lipinski definition) is 1. The molecule has 22 heavy (non-hydrogen) atoms. The molecule has 0 unspecified atom stereocenters. The highest BCUT2D eigenvalue weighted by molar-refractivity contribution is 6.31. The summed E-state index contributed by atoms with van der Waals surface area (Å²) in [6, 6.07) is 3.34. The first-order valence-corrected chi connectivity index (χ1v) is 7.47. The number of anilines is 1. The molecule has 7 heteroatoms. The molecule has 0 radical (unpaired) electrons. The minimum absolute atomic E-state index is 0.0953. The van der Waals surface area contributed by atoms with Gasteiger partial charge in [0.1, 0.15) is 0 Å². The largest absolute Gasteiger partial charge is 0.417 e. The summed E-state index contributed by atoms with van der Waals surface area (Å²) in [5.41, 5.74) is -0.857. The van der Waals surface area contributed by atoms with Gasteiger partial charge < -0.3 is 10.2 Å². The number of benzene rings is 1. The van der Waals surface area contributed by atoms with Crippen molar-refractivity contribution in [2.45, 2.75) is 32.4 Å². The maximum atomic E-state index is 12.7. The highest BCUT2D eigenvalue weighted by atomic mass is 35.5. The summed E-state index contributed by atoms with van der Waals surface area (Å²) in [6.45, 7) is 3.54. The molecule has 1 aromatic rings. The van der Waals surface area contributed by atoms with Crippen molar-refractivity contribution in [2.24, 2.45) is 0 Å². The lowest BCUT2D eigenvalue weighted by Gasteiger charge is -2.16. The molecule has 0 spiro atoms. The van der Waals surface area contributed by atoms with Crippen molar-refractivity contribution in [3.05, 3.63) is 28.8 Å². The molecule has 0 aromatic heterocycles. The molecule has 0 saturated heterocycles. The molecule has 0 bridgehead atoms. The zero-order valence-electron chi connectivity index (χ0n) is 12.6. The Balaban J connectivity index is 2.58. The Bertz CT molecular complexity index is 506. The molecule has 0 aliphatic heterocycles. The fraction of sp³-hybridized carbons (Fsp3) is 0.533. The van der Waals surface area contributed by atoms with Gasteiger partial charge in [-0.25, -0.2) is 0 Å². The second kappa shape index (κ2) is 8.39. The van der Waals surface area contributed by atoms with Crippen LogP contribution >= 0.6 is 11.6 Å². The van der Waals surface area contributed by atoms with Gasteiger partial charge in [0.15, 0.2) is 0 Å².